The molecule has 0 bridgehead atoms. The van der Waals surface area contributed by atoms with Crippen LogP contribution < -0.4 is 4.90 Å². The fourth-order valence-corrected chi connectivity index (χ4v) is 2.70. The van der Waals surface area contributed by atoms with Crippen LogP contribution in [-0.2, 0) is 6.18 Å². The highest BCUT2D eigenvalue weighted by molar-refractivity contribution is 6.35. The molecule has 0 spiro atoms. The smallest absolute Gasteiger partial charge is 0.348 e. The van der Waals surface area contributed by atoms with Crippen molar-refractivity contribution in [3.05, 3.63) is 26.8 Å². The van der Waals surface area contributed by atoms with Crippen molar-refractivity contribution in [3.63, 3.8) is 0 Å². The number of nitro benzene ring substituents is 1. The van der Waals surface area contributed by atoms with Gasteiger partial charge >= 0.3 is 11.9 Å². The summed E-state index contributed by atoms with van der Waals surface area (Å²) in [5, 5.41) is 10.4. The van der Waals surface area contributed by atoms with Crippen LogP contribution in [0.1, 0.15) is 25.5 Å². The highest BCUT2D eigenvalue weighted by Crippen LogP contribution is 2.45. The molecule has 10 heteroatoms. The molecule has 0 saturated heterocycles. The molecule has 1 aromatic heterocycles. The summed E-state index contributed by atoms with van der Waals surface area (Å²) in [4.78, 5) is 16.2. The Labute approximate surface area is 134 Å². The van der Waals surface area contributed by atoms with Gasteiger partial charge < -0.3 is 9.47 Å². The Morgan fingerprint density at radius 1 is 1.39 bits per heavy atom. The zero-order chi connectivity index (χ0) is 17.7. The lowest BCUT2D eigenvalue weighted by atomic mass is 10.1. The Bertz CT molecular complexity index is 784. The van der Waals surface area contributed by atoms with E-state index in [4.69, 9.17) is 11.6 Å². The molecule has 0 aliphatic carbocycles. The molecule has 2 rings (SSSR count). The maximum Gasteiger partial charge on any atom is 0.418 e. The molecule has 0 aliphatic rings. The van der Waals surface area contributed by atoms with E-state index in [0.717, 1.165) is 6.07 Å². The number of hydrogen-bond donors (Lipinski definition) is 0. The molecule has 126 valence electrons. The second kappa shape index (κ2) is 5.55. The highest BCUT2D eigenvalue weighted by Gasteiger charge is 2.39. The minimum atomic E-state index is -4.81. The summed E-state index contributed by atoms with van der Waals surface area (Å²) < 4.78 is 40.8. The van der Waals surface area contributed by atoms with Gasteiger partial charge in [-0.1, -0.05) is 11.6 Å². The molecule has 0 amide bonds. The van der Waals surface area contributed by atoms with Crippen LogP contribution in [0.4, 0.5) is 24.8 Å². The molecule has 0 saturated carbocycles. The van der Waals surface area contributed by atoms with Gasteiger partial charge in [-0.3, -0.25) is 10.1 Å². The van der Waals surface area contributed by atoms with Crippen LogP contribution in [-0.4, -0.2) is 28.6 Å². The van der Waals surface area contributed by atoms with Crippen molar-refractivity contribution in [2.75, 3.05) is 19.0 Å². The van der Waals surface area contributed by atoms with Gasteiger partial charge in [0.25, 0.3) is 0 Å². The summed E-state index contributed by atoms with van der Waals surface area (Å²) >= 11 is 5.72. The minimum absolute atomic E-state index is 0.0216. The van der Waals surface area contributed by atoms with E-state index in [1.165, 1.54) is 4.57 Å². The largest absolute Gasteiger partial charge is 0.418 e. The Kier molecular flexibility index (Phi) is 4.18. The fourth-order valence-electron chi connectivity index (χ4n) is 2.38. The zero-order valence-corrected chi connectivity index (χ0v) is 13.5. The fraction of sp³-hybridized carbons (Fsp3) is 0.462. The number of halogens is 4. The van der Waals surface area contributed by atoms with E-state index in [2.05, 4.69) is 4.98 Å². The molecule has 2 aromatic rings. The Balaban J connectivity index is 3.04. The van der Waals surface area contributed by atoms with Crippen LogP contribution in [0.15, 0.2) is 6.07 Å². The van der Waals surface area contributed by atoms with Gasteiger partial charge in [-0.15, -0.1) is 0 Å². The first-order valence-corrected chi connectivity index (χ1v) is 6.98. The molecular formula is C13H14ClF3N4O2. The monoisotopic (exact) mass is 350 g/mol. The third-order valence-corrected chi connectivity index (χ3v) is 3.66. The summed E-state index contributed by atoms with van der Waals surface area (Å²) in [7, 11) is 3.30. The molecule has 6 nitrogen and oxygen atoms in total. The van der Waals surface area contributed by atoms with E-state index in [9.17, 15) is 23.3 Å². The van der Waals surface area contributed by atoms with Crippen LogP contribution in [0, 0.1) is 10.1 Å². The van der Waals surface area contributed by atoms with Crippen molar-refractivity contribution in [2.24, 2.45) is 0 Å². The van der Waals surface area contributed by atoms with Crippen LogP contribution in [0.2, 0.25) is 5.02 Å². The zero-order valence-electron chi connectivity index (χ0n) is 12.8. The van der Waals surface area contributed by atoms with E-state index >= 15 is 0 Å². The Morgan fingerprint density at radius 2 is 1.96 bits per heavy atom. The first-order valence-electron chi connectivity index (χ1n) is 6.60. The van der Waals surface area contributed by atoms with Crippen molar-refractivity contribution in [2.45, 2.75) is 26.1 Å². The quantitative estimate of drug-likeness (QED) is 0.612. The average Bonchev–Trinajstić information content (AvgIpc) is 2.75. The minimum Gasteiger partial charge on any atom is -0.348 e. The third kappa shape index (κ3) is 2.80. The lowest BCUT2D eigenvalue weighted by Gasteiger charge is -2.18. The van der Waals surface area contributed by atoms with Crippen LogP contribution in [0.5, 0.6) is 0 Å². The maximum atomic E-state index is 13.1. The number of rotatable bonds is 3. The molecule has 1 aromatic carbocycles. The summed E-state index contributed by atoms with van der Waals surface area (Å²) in [5.41, 5.74) is -2.19. The van der Waals surface area contributed by atoms with Gasteiger partial charge in [-0.05, 0) is 19.9 Å². The second-order valence-corrected chi connectivity index (χ2v) is 5.86. The number of fused-ring (bicyclic) bond motifs is 1. The number of hydrogen-bond acceptors (Lipinski definition) is 4. The van der Waals surface area contributed by atoms with Crippen LogP contribution in [0.3, 0.4) is 0 Å². The van der Waals surface area contributed by atoms with E-state index in [0.29, 0.717) is 5.95 Å². The van der Waals surface area contributed by atoms with Gasteiger partial charge in [0.05, 0.1) is 16.0 Å². The van der Waals surface area contributed by atoms with E-state index in [1.807, 2.05) is 0 Å². The maximum absolute atomic E-state index is 13.1. The molecule has 0 radical (unpaired) electrons. The highest BCUT2D eigenvalue weighted by atomic mass is 35.5. The SMILES string of the molecule is CC(C)n1c(N(C)C)nc2cc(C(F)(F)F)c(Cl)c([N+](=O)[O-])c21. The summed E-state index contributed by atoms with van der Waals surface area (Å²) in [6.45, 7) is 3.51. The van der Waals surface area contributed by atoms with Gasteiger partial charge in [-0.25, -0.2) is 4.98 Å². The number of nitro groups is 1. The van der Waals surface area contributed by atoms with E-state index in [-0.39, 0.29) is 17.1 Å². The standard InChI is InChI=1S/C13H14ClF3N4O2/c1-6(2)20-10-8(18-12(20)19(3)4)5-7(13(15,16)17)9(14)11(10)21(22)23/h5-6H,1-4H3. The average molecular weight is 351 g/mol. The van der Waals surface area contributed by atoms with Gasteiger partial charge in [0.2, 0.25) is 5.95 Å². The molecule has 0 N–H and O–H groups in total. The molecule has 0 aliphatic heterocycles. The normalized spacial score (nSPS) is 12.2. The summed E-state index contributed by atoms with van der Waals surface area (Å²) in [5.74, 6) is 0.313. The van der Waals surface area contributed by atoms with Gasteiger partial charge in [0.1, 0.15) is 5.02 Å². The topological polar surface area (TPSA) is 64.2 Å². The number of anilines is 1. The summed E-state index contributed by atoms with van der Waals surface area (Å²) in [6, 6.07) is 0.486. The van der Waals surface area contributed by atoms with Crippen molar-refractivity contribution in [3.8, 4) is 0 Å². The first kappa shape index (κ1) is 17.3. The van der Waals surface area contributed by atoms with Crippen LogP contribution >= 0.6 is 11.6 Å². The lowest BCUT2D eigenvalue weighted by Crippen LogP contribution is -2.17. The number of benzene rings is 1. The predicted octanol–water partition coefficient (Wildman–Crippen LogP) is 4.26. The molecule has 0 atom stereocenters. The molecular weight excluding hydrogens is 337 g/mol. The van der Waals surface area contributed by atoms with E-state index < -0.39 is 27.4 Å². The molecule has 0 unspecified atom stereocenters. The van der Waals surface area contributed by atoms with E-state index in [1.54, 1.807) is 32.8 Å². The van der Waals surface area contributed by atoms with Gasteiger partial charge in [-0.2, -0.15) is 13.2 Å². The lowest BCUT2D eigenvalue weighted by molar-refractivity contribution is -0.383. The van der Waals surface area contributed by atoms with Crippen molar-refractivity contribution in [1.82, 2.24) is 9.55 Å². The number of alkyl halides is 3. The Hall–Kier alpha value is -2.03. The van der Waals surface area contributed by atoms with Crippen molar-refractivity contribution in [1.29, 1.82) is 0 Å². The first-order chi connectivity index (χ1) is 10.5. The Morgan fingerprint density at radius 3 is 2.35 bits per heavy atom. The molecule has 0 fully saturated rings. The number of aromatic nitrogens is 2. The van der Waals surface area contributed by atoms with Crippen molar-refractivity contribution < 1.29 is 18.1 Å². The summed E-state index contributed by atoms with van der Waals surface area (Å²) in [6.07, 6.45) is -4.81. The number of imidazole rings is 1. The molecule has 1 heterocycles. The van der Waals surface area contributed by atoms with Crippen LogP contribution in [0.25, 0.3) is 11.0 Å². The van der Waals surface area contributed by atoms with Gasteiger partial charge in [0.15, 0.2) is 5.52 Å². The van der Waals surface area contributed by atoms with Crippen molar-refractivity contribution >= 4 is 34.3 Å². The number of nitrogens with zero attached hydrogens (tertiary/aromatic N) is 4. The second-order valence-electron chi connectivity index (χ2n) is 5.48. The molecule has 23 heavy (non-hydrogen) atoms. The predicted molar refractivity (Wildman–Crippen MR) is 81.1 cm³/mol. The third-order valence-electron chi connectivity index (χ3n) is 3.27. The van der Waals surface area contributed by atoms with Gasteiger partial charge in [0, 0.05) is 20.1 Å².